The molecule has 0 unspecified atom stereocenters. The predicted molar refractivity (Wildman–Crippen MR) is 111 cm³/mol. The zero-order valence-electron chi connectivity index (χ0n) is 16.4. The van der Waals surface area contributed by atoms with Crippen LogP contribution in [0.3, 0.4) is 0 Å². The minimum Gasteiger partial charge on any atom is -0.459 e. The molecule has 2 aromatic carbocycles. The number of esters is 1. The van der Waals surface area contributed by atoms with Crippen LogP contribution in [-0.4, -0.2) is 16.9 Å². The van der Waals surface area contributed by atoms with E-state index in [1.165, 1.54) is 30.4 Å². The summed E-state index contributed by atoms with van der Waals surface area (Å²) in [6.07, 6.45) is 0.0550. The molecule has 0 aliphatic rings. The molecule has 0 radical (unpaired) electrons. The van der Waals surface area contributed by atoms with E-state index in [0.717, 1.165) is 16.8 Å². The fourth-order valence-electron chi connectivity index (χ4n) is 2.90. The predicted octanol–water partition coefficient (Wildman–Crippen LogP) is 4.87. The highest BCUT2D eigenvalue weighted by Crippen LogP contribution is 2.31. The Kier molecular flexibility index (Phi) is 6.39. The molecule has 3 aromatic rings. The normalized spacial score (nSPS) is 10.6. The van der Waals surface area contributed by atoms with E-state index in [9.17, 15) is 14.0 Å². The summed E-state index contributed by atoms with van der Waals surface area (Å²) in [5.41, 5.74) is 4.10. The van der Waals surface area contributed by atoms with Crippen molar-refractivity contribution in [3.05, 3.63) is 76.0 Å². The number of anilines is 2. The van der Waals surface area contributed by atoms with Crippen molar-refractivity contribution in [3.63, 3.8) is 0 Å². The maximum Gasteiger partial charge on any atom is 0.310 e. The van der Waals surface area contributed by atoms with Crippen LogP contribution in [0.25, 0.3) is 0 Å². The van der Waals surface area contributed by atoms with Crippen molar-refractivity contribution in [1.82, 2.24) is 4.98 Å². The Morgan fingerprint density at radius 1 is 1.14 bits per heavy atom. The molecule has 0 spiro atoms. The van der Waals surface area contributed by atoms with E-state index >= 15 is 0 Å². The second-order valence-corrected chi connectivity index (χ2v) is 7.57. The smallest absolute Gasteiger partial charge is 0.310 e. The Bertz CT molecular complexity index is 1030. The molecule has 1 heterocycles. The zero-order valence-corrected chi connectivity index (χ0v) is 17.3. The topological polar surface area (TPSA) is 59.5 Å². The van der Waals surface area contributed by atoms with Crippen LogP contribution in [0.5, 0.6) is 0 Å². The largest absolute Gasteiger partial charge is 0.459 e. The minimum absolute atomic E-state index is 0.00908. The Balaban J connectivity index is 1.67. The van der Waals surface area contributed by atoms with Crippen LogP contribution in [0.1, 0.15) is 29.3 Å². The molecule has 0 N–H and O–H groups in total. The maximum absolute atomic E-state index is 12.9. The highest BCUT2D eigenvalue weighted by Gasteiger charge is 2.20. The van der Waals surface area contributed by atoms with Gasteiger partial charge in [0.25, 0.3) is 0 Å². The van der Waals surface area contributed by atoms with Crippen molar-refractivity contribution in [1.29, 1.82) is 0 Å². The number of carbonyl (C=O) groups is 2. The van der Waals surface area contributed by atoms with Crippen LogP contribution in [0, 0.1) is 19.7 Å². The summed E-state index contributed by atoms with van der Waals surface area (Å²) in [7, 11) is 0. The first-order valence-electron chi connectivity index (χ1n) is 9.06. The van der Waals surface area contributed by atoms with Gasteiger partial charge in [0.2, 0.25) is 5.91 Å². The molecule has 0 fully saturated rings. The van der Waals surface area contributed by atoms with Crippen LogP contribution in [0.15, 0.2) is 47.8 Å². The number of hydrogen-bond donors (Lipinski definition) is 0. The number of halogens is 1. The highest BCUT2D eigenvalue weighted by atomic mass is 32.1. The van der Waals surface area contributed by atoms with E-state index in [1.807, 2.05) is 32.0 Å². The van der Waals surface area contributed by atoms with E-state index in [0.29, 0.717) is 16.4 Å². The van der Waals surface area contributed by atoms with E-state index in [2.05, 4.69) is 4.98 Å². The van der Waals surface area contributed by atoms with Crippen molar-refractivity contribution < 1.29 is 18.7 Å². The second-order valence-electron chi connectivity index (χ2n) is 6.73. The molecular formula is C22H21FN2O3S. The molecule has 0 aliphatic heterocycles. The number of amides is 1. The third-order valence-electron chi connectivity index (χ3n) is 4.28. The lowest BCUT2D eigenvalue weighted by molar-refractivity contribution is -0.144. The number of thiazole rings is 1. The maximum atomic E-state index is 12.9. The molecule has 0 bridgehead atoms. The summed E-state index contributed by atoms with van der Waals surface area (Å²) < 4.78 is 18.2. The average Bonchev–Trinajstić information content (AvgIpc) is 3.12. The molecule has 1 amide bonds. The number of aromatic nitrogens is 1. The van der Waals surface area contributed by atoms with Gasteiger partial charge in [0.1, 0.15) is 12.4 Å². The second kappa shape index (κ2) is 8.96. The highest BCUT2D eigenvalue weighted by molar-refractivity contribution is 7.14. The van der Waals surface area contributed by atoms with Crippen molar-refractivity contribution in [2.45, 2.75) is 33.8 Å². The Morgan fingerprint density at radius 2 is 1.86 bits per heavy atom. The van der Waals surface area contributed by atoms with E-state index in [4.69, 9.17) is 4.74 Å². The van der Waals surface area contributed by atoms with Crippen LogP contribution in [0.4, 0.5) is 15.2 Å². The first kappa shape index (κ1) is 20.7. The fourth-order valence-corrected chi connectivity index (χ4v) is 3.77. The molecule has 0 saturated heterocycles. The first-order valence-corrected chi connectivity index (χ1v) is 9.94. The van der Waals surface area contributed by atoms with Crippen molar-refractivity contribution >= 4 is 34.0 Å². The fraction of sp³-hybridized carbons (Fsp3) is 0.227. The zero-order chi connectivity index (χ0) is 21.0. The molecule has 0 atom stereocenters. The summed E-state index contributed by atoms with van der Waals surface area (Å²) in [5.74, 6) is -0.925. The van der Waals surface area contributed by atoms with Crippen LogP contribution >= 0.6 is 11.3 Å². The molecule has 0 aliphatic carbocycles. The van der Waals surface area contributed by atoms with Crippen LogP contribution in [-0.2, 0) is 27.4 Å². The van der Waals surface area contributed by atoms with E-state index in [-0.39, 0.29) is 24.8 Å². The number of aryl methyl sites for hydroxylation is 2. The van der Waals surface area contributed by atoms with Gasteiger partial charge in [-0.2, -0.15) is 0 Å². The summed E-state index contributed by atoms with van der Waals surface area (Å²) in [6, 6.07) is 11.6. The molecule has 3 rings (SSSR count). The van der Waals surface area contributed by atoms with Gasteiger partial charge in [-0.25, -0.2) is 9.37 Å². The quantitative estimate of drug-likeness (QED) is 0.542. The SMILES string of the molecule is CC(=O)N(c1nc(COC(=O)Cc2ccc(F)cc2)cs1)c1ccc(C)cc1C. The third kappa shape index (κ3) is 5.26. The van der Waals surface area contributed by atoms with Gasteiger partial charge in [0.05, 0.1) is 17.8 Å². The Morgan fingerprint density at radius 3 is 2.52 bits per heavy atom. The van der Waals surface area contributed by atoms with Gasteiger partial charge < -0.3 is 4.74 Å². The third-order valence-corrected chi connectivity index (χ3v) is 5.16. The Labute approximate surface area is 172 Å². The molecule has 7 heteroatoms. The van der Waals surface area contributed by atoms with E-state index in [1.54, 1.807) is 22.4 Å². The number of nitrogens with zero attached hydrogens (tertiary/aromatic N) is 2. The number of hydrogen-bond acceptors (Lipinski definition) is 5. The van der Waals surface area contributed by atoms with Crippen LogP contribution in [0.2, 0.25) is 0 Å². The monoisotopic (exact) mass is 412 g/mol. The van der Waals surface area contributed by atoms with Crippen molar-refractivity contribution in [2.24, 2.45) is 0 Å². The van der Waals surface area contributed by atoms with Crippen LogP contribution < -0.4 is 4.90 Å². The van der Waals surface area contributed by atoms with E-state index < -0.39 is 5.97 Å². The van der Waals surface area contributed by atoms with Gasteiger partial charge in [-0.05, 0) is 43.2 Å². The summed E-state index contributed by atoms with van der Waals surface area (Å²) >= 11 is 1.31. The Hall–Kier alpha value is -3.06. The number of carbonyl (C=O) groups excluding carboxylic acids is 2. The molecule has 1 aromatic heterocycles. The van der Waals surface area contributed by atoms with Gasteiger partial charge in [0.15, 0.2) is 5.13 Å². The minimum atomic E-state index is -0.427. The van der Waals surface area contributed by atoms with Gasteiger partial charge in [-0.1, -0.05) is 29.8 Å². The molecule has 5 nitrogen and oxygen atoms in total. The lowest BCUT2D eigenvalue weighted by Gasteiger charge is -2.20. The molecule has 150 valence electrons. The summed E-state index contributed by atoms with van der Waals surface area (Å²) in [6.45, 7) is 5.44. The standard InChI is InChI=1S/C22H21FN2O3S/c1-14-4-9-20(15(2)10-14)25(16(3)26)22-24-19(13-29-22)12-28-21(27)11-17-5-7-18(23)8-6-17/h4-10,13H,11-12H2,1-3H3. The van der Waals surface area contributed by atoms with Gasteiger partial charge in [-0.3, -0.25) is 14.5 Å². The first-order chi connectivity index (χ1) is 13.8. The lowest BCUT2D eigenvalue weighted by Crippen LogP contribution is -2.23. The number of benzene rings is 2. The van der Waals surface area contributed by atoms with Gasteiger partial charge in [0, 0.05) is 12.3 Å². The molecule has 0 saturated carbocycles. The lowest BCUT2D eigenvalue weighted by atomic mass is 10.1. The van der Waals surface area contributed by atoms with Gasteiger partial charge in [-0.15, -0.1) is 11.3 Å². The summed E-state index contributed by atoms with van der Waals surface area (Å²) in [4.78, 5) is 30.3. The van der Waals surface area contributed by atoms with Gasteiger partial charge >= 0.3 is 5.97 Å². The summed E-state index contributed by atoms with van der Waals surface area (Å²) in [5, 5.41) is 2.29. The number of ether oxygens (including phenoxy) is 1. The number of rotatable bonds is 6. The van der Waals surface area contributed by atoms with Crippen molar-refractivity contribution in [3.8, 4) is 0 Å². The molecular weight excluding hydrogens is 391 g/mol. The van der Waals surface area contributed by atoms with Crippen molar-refractivity contribution in [2.75, 3.05) is 4.90 Å². The molecule has 29 heavy (non-hydrogen) atoms. The average molecular weight is 412 g/mol.